The molecule has 3 heteroatoms. The van der Waals surface area contributed by atoms with Gasteiger partial charge >= 0.3 is 0 Å². The van der Waals surface area contributed by atoms with Gasteiger partial charge in [-0.2, -0.15) is 0 Å². The number of aromatic nitrogens is 1. The van der Waals surface area contributed by atoms with Gasteiger partial charge in [-0.25, -0.2) is 4.98 Å². The summed E-state index contributed by atoms with van der Waals surface area (Å²) < 4.78 is 5.77. The molecule has 1 aliphatic carbocycles. The highest BCUT2D eigenvalue weighted by Gasteiger charge is 2.36. The van der Waals surface area contributed by atoms with Crippen molar-refractivity contribution >= 4 is 11.3 Å². The molecule has 2 rings (SSSR count). The highest BCUT2D eigenvalue weighted by molar-refractivity contribution is 7.09. The molecule has 0 aromatic carbocycles. The lowest BCUT2D eigenvalue weighted by Crippen LogP contribution is -2.30. The van der Waals surface area contributed by atoms with Crippen LogP contribution in [0.1, 0.15) is 49.7 Å². The lowest BCUT2D eigenvalue weighted by molar-refractivity contribution is -0.0447. The van der Waals surface area contributed by atoms with Gasteiger partial charge < -0.3 is 4.74 Å². The van der Waals surface area contributed by atoms with Crippen LogP contribution in [-0.4, -0.2) is 12.1 Å². The minimum atomic E-state index is -0.0592. The Labute approximate surface area is 95.7 Å². The molecule has 0 bridgehead atoms. The summed E-state index contributed by atoms with van der Waals surface area (Å²) in [7, 11) is 1.83. The predicted molar refractivity (Wildman–Crippen MR) is 63.3 cm³/mol. The Morgan fingerprint density at radius 3 is 2.67 bits per heavy atom. The predicted octanol–water partition coefficient (Wildman–Crippen LogP) is 3.51. The normalized spacial score (nSPS) is 20.4. The molecule has 1 aromatic rings. The molecular formula is C12H19NOS. The minimum absolute atomic E-state index is 0.0592. The zero-order chi connectivity index (χ0) is 10.7. The lowest BCUT2D eigenvalue weighted by Gasteiger charge is -2.34. The first-order chi connectivity index (χ1) is 7.30. The van der Waals surface area contributed by atoms with Crippen LogP contribution in [0, 0.1) is 0 Å². The lowest BCUT2D eigenvalue weighted by atomic mass is 9.85. The van der Waals surface area contributed by atoms with Crippen molar-refractivity contribution in [2.45, 2.75) is 51.0 Å². The largest absolute Gasteiger partial charge is 0.371 e. The van der Waals surface area contributed by atoms with Gasteiger partial charge in [-0.15, -0.1) is 11.3 Å². The molecule has 84 valence electrons. The number of methoxy groups -OCH3 is 1. The first-order valence-electron chi connectivity index (χ1n) is 5.81. The smallest absolute Gasteiger partial charge is 0.125 e. The topological polar surface area (TPSA) is 22.1 Å². The van der Waals surface area contributed by atoms with Crippen molar-refractivity contribution < 1.29 is 4.74 Å². The number of thiazole rings is 1. The van der Waals surface area contributed by atoms with E-state index in [-0.39, 0.29) is 5.60 Å². The van der Waals surface area contributed by atoms with E-state index in [2.05, 4.69) is 17.3 Å². The van der Waals surface area contributed by atoms with E-state index in [4.69, 9.17) is 4.74 Å². The number of rotatable bonds is 3. The first-order valence-corrected chi connectivity index (χ1v) is 6.69. The second-order valence-electron chi connectivity index (χ2n) is 4.26. The zero-order valence-corrected chi connectivity index (χ0v) is 10.4. The molecule has 0 spiro atoms. The summed E-state index contributed by atoms with van der Waals surface area (Å²) in [6.45, 7) is 2.15. The quantitative estimate of drug-likeness (QED) is 0.785. The summed E-state index contributed by atoms with van der Waals surface area (Å²) in [5.74, 6) is 0. The van der Waals surface area contributed by atoms with E-state index < -0.39 is 0 Å². The molecule has 1 fully saturated rings. The third-order valence-electron chi connectivity index (χ3n) is 3.36. The van der Waals surface area contributed by atoms with Crippen LogP contribution in [0.15, 0.2) is 5.38 Å². The van der Waals surface area contributed by atoms with Crippen LogP contribution in [0.3, 0.4) is 0 Å². The highest BCUT2D eigenvalue weighted by atomic mass is 32.1. The molecule has 0 aliphatic heterocycles. The van der Waals surface area contributed by atoms with Gasteiger partial charge in [0.05, 0.1) is 5.69 Å². The summed E-state index contributed by atoms with van der Waals surface area (Å²) in [4.78, 5) is 4.69. The third kappa shape index (κ3) is 2.08. The van der Waals surface area contributed by atoms with E-state index in [9.17, 15) is 0 Å². The van der Waals surface area contributed by atoms with E-state index >= 15 is 0 Å². The second-order valence-corrected chi connectivity index (χ2v) is 5.11. The molecular weight excluding hydrogens is 206 g/mol. The average molecular weight is 225 g/mol. The minimum Gasteiger partial charge on any atom is -0.371 e. The van der Waals surface area contributed by atoms with Crippen LogP contribution in [-0.2, 0) is 16.8 Å². The Kier molecular flexibility index (Phi) is 3.42. The standard InChI is InChI=1S/C12H19NOS/c1-3-10-9-15-11(13-10)12(14-2)7-5-4-6-8-12/h9H,3-8H2,1-2H3. The van der Waals surface area contributed by atoms with E-state index in [1.54, 1.807) is 11.3 Å². The van der Waals surface area contributed by atoms with Crippen LogP contribution in [0.2, 0.25) is 0 Å². The molecule has 0 unspecified atom stereocenters. The van der Waals surface area contributed by atoms with Gasteiger partial charge in [0.1, 0.15) is 10.6 Å². The molecule has 2 nitrogen and oxygen atoms in total. The molecule has 1 heterocycles. The van der Waals surface area contributed by atoms with Gasteiger partial charge in [-0.05, 0) is 19.3 Å². The van der Waals surface area contributed by atoms with Crippen LogP contribution in [0.25, 0.3) is 0 Å². The highest BCUT2D eigenvalue weighted by Crippen LogP contribution is 2.41. The van der Waals surface area contributed by atoms with E-state index in [0.717, 1.165) is 19.3 Å². The summed E-state index contributed by atoms with van der Waals surface area (Å²) in [6.07, 6.45) is 7.19. The third-order valence-corrected chi connectivity index (χ3v) is 4.43. The van der Waals surface area contributed by atoms with Crippen molar-refractivity contribution in [1.29, 1.82) is 0 Å². The van der Waals surface area contributed by atoms with Gasteiger partial charge in [-0.1, -0.05) is 26.2 Å². The Bertz CT molecular complexity index is 315. The first kappa shape index (κ1) is 11.1. The summed E-state index contributed by atoms with van der Waals surface area (Å²) in [5, 5.41) is 3.37. The number of aryl methyl sites for hydroxylation is 1. The SMILES string of the molecule is CCc1csc(C2(OC)CCCCC2)n1. The van der Waals surface area contributed by atoms with Crippen LogP contribution in [0.4, 0.5) is 0 Å². The van der Waals surface area contributed by atoms with Crippen LogP contribution < -0.4 is 0 Å². The molecule has 1 aromatic heterocycles. The van der Waals surface area contributed by atoms with Gasteiger partial charge in [0, 0.05) is 12.5 Å². The van der Waals surface area contributed by atoms with Gasteiger partial charge in [0.15, 0.2) is 0 Å². The van der Waals surface area contributed by atoms with Crippen molar-refractivity contribution in [3.05, 3.63) is 16.1 Å². The van der Waals surface area contributed by atoms with Crippen molar-refractivity contribution in [2.75, 3.05) is 7.11 Å². The summed E-state index contributed by atoms with van der Waals surface area (Å²) in [5.41, 5.74) is 1.15. The van der Waals surface area contributed by atoms with E-state index in [1.165, 1.54) is 30.0 Å². The zero-order valence-electron chi connectivity index (χ0n) is 9.58. The molecule has 1 saturated carbocycles. The fourth-order valence-corrected chi connectivity index (χ4v) is 3.45. The number of nitrogens with zero attached hydrogens (tertiary/aromatic N) is 1. The number of hydrogen-bond donors (Lipinski definition) is 0. The monoisotopic (exact) mass is 225 g/mol. The Balaban J connectivity index is 2.24. The summed E-state index contributed by atoms with van der Waals surface area (Å²) in [6, 6.07) is 0. The maximum Gasteiger partial charge on any atom is 0.125 e. The summed E-state index contributed by atoms with van der Waals surface area (Å²) >= 11 is 1.77. The van der Waals surface area contributed by atoms with Crippen molar-refractivity contribution in [2.24, 2.45) is 0 Å². The number of ether oxygens (including phenoxy) is 1. The number of hydrogen-bond acceptors (Lipinski definition) is 3. The second kappa shape index (κ2) is 4.62. The molecule has 0 saturated heterocycles. The Hall–Kier alpha value is -0.410. The molecule has 15 heavy (non-hydrogen) atoms. The van der Waals surface area contributed by atoms with Crippen molar-refractivity contribution in [3.63, 3.8) is 0 Å². The van der Waals surface area contributed by atoms with Crippen LogP contribution in [0.5, 0.6) is 0 Å². The van der Waals surface area contributed by atoms with Gasteiger partial charge in [0.2, 0.25) is 0 Å². The van der Waals surface area contributed by atoms with Gasteiger partial charge in [0.25, 0.3) is 0 Å². The maximum atomic E-state index is 5.77. The molecule has 0 atom stereocenters. The van der Waals surface area contributed by atoms with E-state index in [1.807, 2.05) is 7.11 Å². The maximum absolute atomic E-state index is 5.77. The Morgan fingerprint density at radius 2 is 2.13 bits per heavy atom. The molecule has 0 amide bonds. The molecule has 0 N–H and O–H groups in total. The van der Waals surface area contributed by atoms with Crippen molar-refractivity contribution in [3.8, 4) is 0 Å². The average Bonchev–Trinajstić information content (AvgIpc) is 2.79. The van der Waals surface area contributed by atoms with Crippen LogP contribution >= 0.6 is 11.3 Å². The van der Waals surface area contributed by atoms with Crippen molar-refractivity contribution in [1.82, 2.24) is 4.98 Å². The van der Waals surface area contributed by atoms with E-state index in [0.29, 0.717) is 0 Å². The fourth-order valence-electron chi connectivity index (χ4n) is 2.31. The Morgan fingerprint density at radius 1 is 1.40 bits per heavy atom. The molecule has 1 aliphatic rings. The fraction of sp³-hybridized carbons (Fsp3) is 0.750. The van der Waals surface area contributed by atoms with Gasteiger partial charge in [-0.3, -0.25) is 0 Å². The molecule has 0 radical (unpaired) electrons.